The summed E-state index contributed by atoms with van der Waals surface area (Å²) in [5.74, 6) is -0.605. The van der Waals surface area contributed by atoms with Crippen LogP contribution in [0.15, 0.2) is 48.5 Å². The summed E-state index contributed by atoms with van der Waals surface area (Å²) in [5.41, 5.74) is 0.778. The predicted molar refractivity (Wildman–Crippen MR) is 83.9 cm³/mol. The van der Waals surface area contributed by atoms with E-state index in [4.69, 9.17) is 4.74 Å². The van der Waals surface area contributed by atoms with Crippen LogP contribution >= 0.6 is 0 Å². The van der Waals surface area contributed by atoms with E-state index in [0.717, 1.165) is 0 Å². The van der Waals surface area contributed by atoms with Crippen LogP contribution in [0.3, 0.4) is 0 Å². The smallest absolute Gasteiger partial charge is 0.343 e. The molecule has 0 atom stereocenters. The van der Waals surface area contributed by atoms with E-state index < -0.39 is 17.7 Å². The second-order valence-corrected chi connectivity index (χ2v) is 4.75. The number of anilines is 1. The summed E-state index contributed by atoms with van der Waals surface area (Å²) < 4.78 is 5.20. The number of hydrogen-bond acceptors (Lipinski definition) is 6. The molecule has 1 N–H and O–H groups in total. The Labute approximate surface area is 137 Å². The van der Waals surface area contributed by atoms with Crippen molar-refractivity contribution in [2.75, 3.05) is 5.32 Å². The summed E-state index contributed by atoms with van der Waals surface area (Å²) in [4.78, 5) is 38.0. The van der Waals surface area contributed by atoms with Crippen molar-refractivity contribution in [3.63, 3.8) is 0 Å². The minimum atomic E-state index is -0.952. The van der Waals surface area contributed by atoms with Gasteiger partial charge in [0.1, 0.15) is 12.4 Å². The van der Waals surface area contributed by atoms with Crippen LogP contribution in [0.4, 0.5) is 5.69 Å². The summed E-state index contributed by atoms with van der Waals surface area (Å²) in [6.07, 6.45) is 0. The lowest BCUT2D eigenvalue weighted by atomic mass is 10.1. The zero-order chi connectivity index (χ0) is 17.5. The minimum Gasteiger partial charge on any atom is -0.423 e. The fourth-order valence-electron chi connectivity index (χ4n) is 1.93. The first-order valence-electron chi connectivity index (χ1n) is 6.91. The van der Waals surface area contributed by atoms with Crippen molar-refractivity contribution >= 4 is 17.6 Å². The summed E-state index contributed by atoms with van der Waals surface area (Å²) in [7, 11) is 0. The van der Waals surface area contributed by atoms with Gasteiger partial charge >= 0.3 is 5.97 Å². The molecule has 1 amide bonds. The molecule has 0 radical (unpaired) electrons. The quantitative estimate of drug-likeness (QED) is 0.377. The molecule has 0 saturated heterocycles. The molecule has 2 rings (SSSR count). The maximum absolute atomic E-state index is 12.2. The molecule has 0 spiro atoms. The van der Waals surface area contributed by atoms with Crippen molar-refractivity contribution in [2.24, 2.45) is 0 Å². The number of nitrogens with one attached hydrogen (secondary N) is 1. The van der Waals surface area contributed by atoms with E-state index in [2.05, 4.69) is 10.2 Å². The van der Waals surface area contributed by atoms with Crippen LogP contribution in [0.1, 0.15) is 22.8 Å². The van der Waals surface area contributed by atoms with Crippen molar-refractivity contribution in [2.45, 2.75) is 13.5 Å². The number of ether oxygens (including phenoxy) is 1. The van der Waals surface area contributed by atoms with Gasteiger partial charge in [0.25, 0.3) is 5.09 Å². The van der Waals surface area contributed by atoms with Crippen LogP contribution < -0.4 is 10.1 Å². The largest absolute Gasteiger partial charge is 0.423 e. The molecule has 24 heavy (non-hydrogen) atoms. The molecule has 0 aliphatic carbocycles. The third-order valence-electron chi connectivity index (χ3n) is 2.93. The number of amides is 1. The molecule has 8 nitrogen and oxygen atoms in total. The Morgan fingerprint density at radius 1 is 1.17 bits per heavy atom. The van der Waals surface area contributed by atoms with E-state index >= 15 is 0 Å². The highest BCUT2D eigenvalue weighted by molar-refractivity contribution is 5.94. The lowest BCUT2D eigenvalue weighted by molar-refractivity contribution is -0.762. The van der Waals surface area contributed by atoms with Gasteiger partial charge in [0.05, 0.1) is 5.56 Å². The number of nitrogens with zero attached hydrogens (tertiary/aromatic N) is 1. The van der Waals surface area contributed by atoms with E-state index in [0.29, 0.717) is 11.4 Å². The number of hydrogen-bond donors (Lipinski definition) is 1. The average Bonchev–Trinajstić information content (AvgIpc) is 2.54. The topological polar surface area (TPSA) is 108 Å². The first-order valence-corrected chi connectivity index (χ1v) is 6.91. The van der Waals surface area contributed by atoms with Crippen LogP contribution in [0, 0.1) is 10.1 Å². The molecule has 124 valence electrons. The Kier molecular flexibility index (Phi) is 5.45. The molecule has 2 aromatic rings. The zero-order valence-corrected chi connectivity index (χ0v) is 12.7. The van der Waals surface area contributed by atoms with Gasteiger partial charge in [-0.25, -0.2) is 4.79 Å². The van der Waals surface area contributed by atoms with E-state index in [9.17, 15) is 19.7 Å². The van der Waals surface area contributed by atoms with Crippen molar-refractivity contribution in [3.8, 4) is 5.75 Å². The number of rotatable bonds is 6. The molecule has 2 aromatic carbocycles. The summed E-state index contributed by atoms with van der Waals surface area (Å²) in [6, 6.07) is 12.8. The summed E-state index contributed by atoms with van der Waals surface area (Å²) in [5, 5.41) is 11.9. The lowest BCUT2D eigenvalue weighted by Gasteiger charge is -2.11. The van der Waals surface area contributed by atoms with Crippen molar-refractivity contribution in [3.05, 3.63) is 69.8 Å². The first-order chi connectivity index (χ1) is 11.5. The fraction of sp³-hybridized carbons (Fsp3) is 0.125. The molecular weight excluding hydrogens is 316 g/mol. The summed E-state index contributed by atoms with van der Waals surface area (Å²) in [6.45, 7) is 0.894. The maximum atomic E-state index is 12.2. The maximum Gasteiger partial charge on any atom is 0.343 e. The molecule has 0 heterocycles. The van der Waals surface area contributed by atoms with E-state index in [-0.39, 0.29) is 17.0 Å². The van der Waals surface area contributed by atoms with Crippen LogP contribution in [-0.2, 0) is 16.2 Å². The molecule has 0 saturated carbocycles. The van der Waals surface area contributed by atoms with Gasteiger partial charge in [-0.2, -0.15) is 0 Å². The molecule has 0 fully saturated rings. The van der Waals surface area contributed by atoms with E-state index in [1.54, 1.807) is 30.3 Å². The Bertz CT molecular complexity index is 760. The first kappa shape index (κ1) is 16.9. The number of benzene rings is 2. The Hall–Kier alpha value is -3.42. The van der Waals surface area contributed by atoms with Gasteiger partial charge in [-0.3, -0.25) is 4.79 Å². The Balaban J connectivity index is 2.23. The van der Waals surface area contributed by atoms with Gasteiger partial charge in [0, 0.05) is 18.2 Å². The number of esters is 1. The highest BCUT2D eigenvalue weighted by atomic mass is 16.9. The molecule has 0 aliphatic heterocycles. The average molecular weight is 330 g/mol. The highest BCUT2D eigenvalue weighted by Gasteiger charge is 2.13. The SMILES string of the molecule is CC(=O)Nc1ccc(C(=O)Oc2ccccc2)cc1CO[N+](=O)[O-]. The number of carbonyl (C=O) groups excluding carboxylic acids is 2. The van der Waals surface area contributed by atoms with Gasteiger partial charge in [-0.05, 0) is 30.3 Å². The van der Waals surface area contributed by atoms with Crippen LogP contribution in [0.2, 0.25) is 0 Å². The third kappa shape index (κ3) is 4.80. The van der Waals surface area contributed by atoms with E-state index in [1.807, 2.05) is 0 Å². The highest BCUT2D eigenvalue weighted by Crippen LogP contribution is 2.20. The molecule has 0 aliphatic rings. The van der Waals surface area contributed by atoms with Gasteiger partial charge < -0.3 is 14.9 Å². The summed E-state index contributed by atoms with van der Waals surface area (Å²) >= 11 is 0. The molecule has 0 aromatic heterocycles. The van der Waals surface area contributed by atoms with Gasteiger partial charge in [0.15, 0.2) is 0 Å². The normalized spacial score (nSPS) is 9.88. The lowest BCUT2D eigenvalue weighted by Crippen LogP contribution is -2.13. The standard InChI is InChI=1S/C16H14N2O6/c1-11(19)17-15-8-7-12(9-13(15)10-23-18(21)22)16(20)24-14-5-3-2-4-6-14/h2-9H,10H2,1H3,(H,17,19). The molecule has 8 heteroatoms. The van der Waals surface area contributed by atoms with Crippen molar-refractivity contribution < 1.29 is 24.3 Å². The fourth-order valence-corrected chi connectivity index (χ4v) is 1.93. The Morgan fingerprint density at radius 2 is 1.88 bits per heavy atom. The third-order valence-corrected chi connectivity index (χ3v) is 2.93. The van der Waals surface area contributed by atoms with Crippen LogP contribution in [0.5, 0.6) is 5.75 Å². The zero-order valence-electron chi connectivity index (χ0n) is 12.7. The Morgan fingerprint density at radius 3 is 2.50 bits per heavy atom. The van der Waals surface area contributed by atoms with Crippen molar-refractivity contribution in [1.29, 1.82) is 0 Å². The minimum absolute atomic E-state index is 0.176. The van der Waals surface area contributed by atoms with Crippen LogP contribution in [-0.4, -0.2) is 17.0 Å². The van der Waals surface area contributed by atoms with Crippen molar-refractivity contribution in [1.82, 2.24) is 0 Å². The molecule has 0 bridgehead atoms. The monoisotopic (exact) mass is 330 g/mol. The molecular formula is C16H14N2O6. The second kappa shape index (κ2) is 7.73. The number of para-hydroxylation sites is 1. The second-order valence-electron chi connectivity index (χ2n) is 4.75. The van der Waals surface area contributed by atoms with Gasteiger partial charge in [0.2, 0.25) is 5.91 Å². The molecule has 0 unspecified atom stereocenters. The van der Waals surface area contributed by atoms with Crippen LogP contribution in [0.25, 0.3) is 0 Å². The van der Waals surface area contributed by atoms with Gasteiger partial charge in [-0.1, -0.05) is 18.2 Å². The number of carbonyl (C=O) groups is 2. The predicted octanol–water partition coefficient (Wildman–Crippen LogP) is 2.57. The van der Waals surface area contributed by atoms with E-state index in [1.165, 1.54) is 25.1 Å². The van der Waals surface area contributed by atoms with Gasteiger partial charge in [-0.15, -0.1) is 10.1 Å².